The first-order valence-corrected chi connectivity index (χ1v) is 10.3. The number of aromatic nitrogens is 3. The Morgan fingerprint density at radius 3 is 2.23 bits per heavy atom. The lowest BCUT2D eigenvalue weighted by Crippen LogP contribution is -2.17. The van der Waals surface area contributed by atoms with Gasteiger partial charge in [-0.3, -0.25) is 0 Å². The number of oxazole rings is 1. The quantitative estimate of drug-likeness (QED) is 0.408. The molecule has 0 bridgehead atoms. The largest absolute Gasteiger partial charge is 0.484 e. The lowest BCUT2D eigenvalue weighted by atomic mass is 9.88. The lowest BCUT2D eigenvalue weighted by Gasteiger charge is -2.20. The van der Waals surface area contributed by atoms with E-state index in [0.717, 1.165) is 28.2 Å². The van der Waals surface area contributed by atoms with Crippen molar-refractivity contribution in [2.75, 3.05) is 0 Å². The fourth-order valence-corrected chi connectivity index (χ4v) is 3.29. The lowest BCUT2D eigenvalue weighted by molar-refractivity contribution is 0.267. The zero-order valence-corrected chi connectivity index (χ0v) is 18.6. The van der Waals surface area contributed by atoms with E-state index in [1.165, 1.54) is 5.69 Å². The maximum atomic E-state index is 5.88. The van der Waals surface area contributed by atoms with Crippen LogP contribution < -0.4 is 4.74 Å². The summed E-state index contributed by atoms with van der Waals surface area (Å²) >= 11 is 0. The van der Waals surface area contributed by atoms with Crippen molar-refractivity contribution in [3.63, 3.8) is 0 Å². The molecule has 0 atom stereocenters. The molecule has 4 rings (SSSR count). The molecule has 0 saturated carbocycles. The second kappa shape index (κ2) is 7.31. The van der Waals surface area contributed by atoms with Gasteiger partial charge in [0.15, 0.2) is 12.2 Å². The average molecular weight is 404 g/mol. The Kier molecular flexibility index (Phi) is 4.92. The van der Waals surface area contributed by atoms with E-state index in [-0.39, 0.29) is 17.4 Å². The van der Waals surface area contributed by atoms with Crippen LogP contribution in [0.5, 0.6) is 5.75 Å². The number of hydrogen-bond donors (Lipinski definition) is 0. The fourth-order valence-electron chi connectivity index (χ4n) is 3.29. The van der Waals surface area contributed by atoms with Crippen LogP contribution >= 0.6 is 0 Å². The number of benzene rings is 2. The van der Waals surface area contributed by atoms with Crippen LogP contribution in [0, 0.1) is 0 Å². The molecule has 0 unspecified atom stereocenters. The smallest absolute Gasteiger partial charge is 0.233 e. The number of fused-ring (bicyclic) bond motifs is 1. The predicted molar refractivity (Wildman–Crippen MR) is 119 cm³/mol. The van der Waals surface area contributed by atoms with Crippen molar-refractivity contribution in [1.82, 2.24) is 14.8 Å². The van der Waals surface area contributed by atoms with E-state index in [2.05, 4.69) is 52.6 Å². The van der Waals surface area contributed by atoms with Gasteiger partial charge in [0.25, 0.3) is 0 Å². The number of ether oxygens (including phenoxy) is 1. The minimum atomic E-state index is -0.0152. The Morgan fingerprint density at radius 2 is 1.60 bits per heavy atom. The SMILES string of the molecule is CC(C)(C)c1cc(C(C)(C)C)n(-c2ccc(OCc3nc4ccccc4o3)cc2)n1. The second-order valence-corrected chi connectivity index (χ2v) is 9.68. The number of rotatable bonds is 4. The number of nitrogens with zero attached hydrogens (tertiary/aromatic N) is 3. The molecule has 0 saturated heterocycles. The van der Waals surface area contributed by atoms with Gasteiger partial charge in [0.1, 0.15) is 11.3 Å². The molecule has 2 heterocycles. The van der Waals surface area contributed by atoms with Gasteiger partial charge in [0.2, 0.25) is 5.89 Å². The van der Waals surface area contributed by atoms with Gasteiger partial charge in [-0.05, 0) is 42.5 Å². The molecule has 0 amide bonds. The van der Waals surface area contributed by atoms with E-state index in [9.17, 15) is 0 Å². The summed E-state index contributed by atoms with van der Waals surface area (Å²) in [6.45, 7) is 13.5. The van der Waals surface area contributed by atoms with Gasteiger partial charge in [-0.25, -0.2) is 9.67 Å². The van der Waals surface area contributed by atoms with Gasteiger partial charge in [-0.2, -0.15) is 5.10 Å². The molecule has 2 aromatic carbocycles. The maximum absolute atomic E-state index is 5.88. The van der Waals surface area contributed by atoms with Crippen molar-refractivity contribution in [2.24, 2.45) is 0 Å². The average Bonchev–Trinajstić information content (AvgIpc) is 3.30. The first-order valence-electron chi connectivity index (χ1n) is 10.3. The Labute approximate surface area is 177 Å². The predicted octanol–water partition coefficient (Wildman–Crippen LogP) is 6.19. The topological polar surface area (TPSA) is 53.1 Å². The monoisotopic (exact) mass is 403 g/mol. The van der Waals surface area contributed by atoms with Crippen molar-refractivity contribution in [3.8, 4) is 11.4 Å². The molecular formula is C25H29N3O2. The molecule has 5 heteroatoms. The van der Waals surface area contributed by atoms with Crippen LogP contribution in [0.15, 0.2) is 59.0 Å². The summed E-state index contributed by atoms with van der Waals surface area (Å²) in [5, 5.41) is 4.92. The van der Waals surface area contributed by atoms with Crippen LogP contribution in [0.25, 0.3) is 16.8 Å². The molecule has 2 aromatic heterocycles. The van der Waals surface area contributed by atoms with Gasteiger partial charge in [0.05, 0.1) is 11.4 Å². The summed E-state index contributed by atoms with van der Waals surface area (Å²) < 4.78 is 13.7. The summed E-state index contributed by atoms with van der Waals surface area (Å²) in [5.41, 5.74) is 4.89. The van der Waals surface area contributed by atoms with Crippen LogP contribution in [0.4, 0.5) is 0 Å². The third kappa shape index (κ3) is 4.11. The molecule has 0 N–H and O–H groups in total. The molecule has 4 aromatic rings. The van der Waals surface area contributed by atoms with E-state index < -0.39 is 0 Å². The second-order valence-electron chi connectivity index (χ2n) is 9.68. The van der Waals surface area contributed by atoms with Crippen LogP contribution in [0.3, 0.4) is 0 Å². The molecule has 0 fully saturated rings. The van der Waals surface area contributed by atoms with Crippen molar-refractivity contribution >= 4 is 11.1 Å². The first-order chi connectivity index (χ1) is 14.1. The molecule has 0 spiro atoms. The van der Waals surface area contributed by atoms with Crippen molar-refractivity contribution in [3.05, 3.63) is 71.9 Å². The highest BCUT2D eigenvalue weighted by Crippen LogP contribution is 2.31. The zero-order valence-electron chi connectivity index (χ0n) is 18.6. The van der Waals surface area contributed by atoms with E-state index in [4.69, 9.17) is 14.3 Å². The van der Waals surface area contributed by atoms with Crippen molar-refractivity contribution in [2.45, 2.75) is 59.0 Å². The Bertz CT molecular complexity index is 1120. The zero-order chi connectivity index (χ0) is 21.5. The van der Waals surface area contributed by atoms with Crippen LogP contribution in [0.2, 0.25) is 0 Å². The van der Waals surface area contributed by atoms with Crippen LogP contribution in [0.1, 0.15) is 58.8 Å². The minimum Gasteiger partial charge on any atom is -0.484 e. The summed E-state index contributed by atoms with van der Waals surface area (Å²) in [6.07, 6.45) is 0. The standard InChI is InChI=1S/C25H29N3O2/c1-24(2,3)21-15-22(25(4,5)6)28(27-21)17-11-13-18(14-12-17)29-16-23-26-19-9-7-8-10-20(19)30-23/h7-15H,16H2,1-6H3. The van der Waals surface area contributed by atoms with E-state index >= 15 is 0 Å². The number of para-hydroxylation sites is 2. The molecule has 5 nitrogen and oxygen atoms in total. The van der Waals surface area contributed by atoms with Crippen molar-refractivity contribution < 1.29 is 9.15 Å². The maximum Gasteiger partial charge on any atom is 0.233 e. The van der Waals surface area contributed by atoms with E-state index in [1.54, 1.807) is 0 Å². The van der Waals surface area contributed by atoms with Crippen LogP contribution in [-0.2, 0) is 17.4 Å². The summed E-state index contributed by atoms with van der Waals surface area (Å²) in [7, 11) is 0. The summed E-state index contributed by atoms with van der Waals surface area (Å²) in [5.74, 6) is 1.33. The third-order valence-electron chi connectivity index (χ3n) is 5.03. The van der Waals surface area contributed by atoms with Gasteiger partial charge < -0.3 is 9.15 Å². The Balaban J connectivity index is 1.55. The van der Waals surface area contributed by atoms with Gasteiger partial charge in [-0.15, -0.1) is 0 Å². The molecule has 0 aliphatic carbocycles. The normalized spacial score (nSPS) is 12.5. The fraction of sp³-hybridized carbons (Fsp3) is 0.360. The Hall–Kier alpha value is -3.08. The Morgan fingerprint density at radius 1 is 0.900 bits per heavy atom. The highest BCUT2D eigenvalue weighted by Gasteiger charge is 2.26. The molecule has 30 heavy (non-hydrogen) atoms. The minimum absolute atomic E-state index is 0.00607. The highest BCUT2D eigenvalue weighted by molar-refractivity contribution is 5.72. The third-order valence-corrected chi connectivity index (χ3v) is 5.03. The molecule has 0 aliphatic rings. The first kappa shape index (κ1) is 20.2. The van der Waals surface area contributed by atoms with Crippen molar-refractivity contribution in [1.29, 1.82) is 0 Å². The van der Waals surface area contributed by atoms with E-state index in [0.29, 0.717) is 5.89 Å². The van der Waals surface area contributed by atoms with Gasteiger partial charge in [0, 0.05) is 16.5 Å². The van der Waals surface area contributed by atoms with Gasteiger partial charge >= 0.3 is 0 Å². The molecule has 0 radical (unpaired) electrons. The summed E-state index contributed by atoms with van der Waals surface area (Å²) in [4.78, 5) is 4.45. The van der Waals surface area contributed by atoms with Gasteiger partial charge in [-0.1, -0.05) is 53.7 Å². The molecule has 0 aliphatic heterocycles. The number of hydrogen-bond acceptors (Lipinski definition) is 4. The highest BCUT2D eigenvalue weighted by atomic mass is 16.5. The van der Waals surface area contributed by atoms with E-state index in [1.807, 2.05) is 53.2 Å². The summed E-state index contributed by atoms with van der Waals surface area (Å²) in [6, 6.07) is 17.9. The molecular weight excluding hydrogens is 374 g/mol. The molecule has 156 valence electrons. The van der Waals surface area contributed by atoms with Crippen LogP contribution in [-0.4, -0.2) is 14.8 Å².